The lowest BCUT2D eigenvalue weighted by Gasteiger charge is -2.42. The Labute approximate surface area is 177 Å². The molecule has 0 radical (unpaired) electrons. The van der Waals surface area contributed by atoms with Gasteiger partial charge in [0.05, 0.1) is 29.3 Å². The summed E-state index contributed by atoms with van der Waals surface area (Å²) in [6, 6.07) is 17.8. The highest BCUT2D eigenvalue weighted by molar-refractivity contribution is 9.10. The van der Waals surface area contributed by atoms with Crippen LogP contribution in [0.25, 0.3) is 11.3 Å². The molecule has 2 aliphatic carbocycles. The highest BCUT2D eigenvalue weighted by atomic mass is 79.9. The third-order valence-corrected chi connectivity index (χ3v) is 6.39. The van der Waals surface area contributed by atoms with E-state index in [2.05, 4.69) is 34.1 Å². The van der Waals surface area contributed by atoms with Gasteiger partial charge in [-0.3, -0.25) is 0 Å². The molecule has 2 N–H and O–H groups in total. The molecule has 6 heteroatoms. The van der Waals surface area contributed by atoms with Crippen LogP contribution in [0.15, 0.2) is 68.2 Å². The van der Waals surface area contributed by atoms with Gasteiger partial charge in [0.2, 0.25) is 0 Å². The van der Waals surface area contributed by atoms with E-state index in [1.165, 1.54) is 0 Å². The largest absolute Gasteiger partial charge is 0.461 e. The van der Waals surface area contributed by atoms with Gasteiger partial charge in [0.15, 0.2) is 5.41 Å². The van der Waals surface area contributed by atoms with Crippen molar-refractivity contribution >= 4 is 15.9 Å². The predicted molar refractivity (Wildman–Crippen MR) is 110 cm³/mol. The summed E-state index contributed by atoms with van der Waals surface area (Å²) in [6.07, 6.45) is 4.57. The Morgan fingerprint density at radius 1 is 1.07 bits per heavy atom. The molecule has 1 aromatic heterocycles. The maximum atomic E-state index is 10.0. The summed E-state index contributed by atoms with van der Waals surface area (Å²) < 4.78 is 7.13. The molecule has 2 aromatic rings. The summed E-state index contributed by atoms with van der Waals surface area (Å²) >= 11 is 3.42. The zero-order valence-corrected chi connectivity index (χ0v) is 17.1. The van der Waals surface area contributed by atoms with Crippen molar-refractivity contribution in [3.63, 3.8) is 0 Å². The van der Waals surface area contributed by atoms with Crippen LogP contribution < -0.4 is 5.73 Å². The fraction of sp³-hybridized carbons (Fsp3) is 0.261. The Hall–Kier alpha value is -3.27. The van der Waals surface area contributed by atoms with E-state index in [0.717, 1.165) is 34.9 Å². The molecule has 2 aliphatic rings. The number of nitrogens with two attached hydrogens (primary N) is 1. The normalized spacial score (nSPS) is 22.6. The van der Waals surface area contributed by atoms with Crippen molar-refractivity contribution in [1.29, 1.82) is 15.8 Å². The van der Waals surface area contributed by atoms with Crippen LogP contribution in [0.1, 0.15) is 30.9 Å². The fourth-order valence-electron chi connectivity index (χ4n) is 4.47. The molecule has 0 unspecified atom stereocenters. The molecule has 5 nitrogen and oxygen atoms in total. The van der Waals surface area contributed by atoms with Gasteiger partial charge in [-0.2, -0.15) is 15.8 Å². The van der Waals surface area contributed by atoms with Crippen molar-refractivity contribution in [2.24, 2.45) is 17.1 Å². The summed E-state index contributed by atoms with van der Waals surface area (Å²) in [4.78, 5) is 0. The van der Waals surface area contributed by atoms with Gasteiger partial charge >= 0.3 is 0 Å². The molecule has 4 rings (SSSR count). The molecule has 0 spiro atoms. The van der Waals surface area contributed by atoms with Gasteiger partial charge in [-0.05, 0) is 55.0 Å². The van der Waals surface area contributed by atoms with E-state index in [-0.39, 0.29) is 17.2 Å². The number of furan rings is 1. The maximum Gasteiger partial charge on any atom is 0.194 e. The number of benzene rings is 1. The van der Waals surface area contributed by atoms with Crippen LogP contribution in [0, 0.1) is 45.3 Å². The fourth-order valence-corrected chi connectivity index (χ4v) is 4.73. The van der Waals surface area contributed by atoms with Crippen LogP contribution in [0.2, 0.25) is 0 Å². The van der Waals surface area contributed by atoms with Crippen molar-refractivity contribution in [1.82, 2.24) is 0 Å². The molecule has 0 saturated heterocycles. The molecule has 142 valence electrons. The average Bonchev–Trinajstić information content (AvgIpc) is 3.23. The van der Waals surface area contributed by atoms with E-state index in [9.17, 15) is 15.8 Å². The van der Waals surface area contributed by atoms with Crippen molar-refractivity contribution in [2.75, 3.05) is 0 Å². The average molecular weight is 445 g/mol. The van der Waals surface area contributed by atoms with Gasteiger partial charge in [0, 0.05) is 10.0 Å². The van der Waals surface area contributed by atoms with Gasteiger partial charge in [-0.15, -0.1) is 0 Å². The minimum absolute atomic E-state index is 0.0287. The number of allylic oxidation sites excluding steroid dienone is 4. The van der Waals surface area contributed by atoms with Crippen LogP contribution in [-0.2, 0) is 0 Å². The van der Waals surface area contributed by atoms with E-state index in [1.807, 2.05) is 42.5 Å². The predicted octanol–water partition coefficient (Wildman–Crippen LogP) is 5.30. The van der Waals surface area contributed by atoms with Gasteiger partial charge in [0.1, 0.15) is 17.6 Å². The zero-order valence-electron chi connectivity index (χ0n) is 15.5. The summed E-state index contributed by atoms with van der Waals surface area (Å²) in [7, 11) is 0. The smallest absolute Gasteiger partial charge is 0.194 e. The first-order valence-electron chi connectivity index (χ1n) is 9.34. The molecule has 0 aliphatic heterocycles. The van der Waals surface area contributed by atoms with Crippen molar-refractivity contribution in [2.45, 2.75) is 25.2 Å². The molecule has 0 fully saturated rings. The number of hydrogen-bond acceptors (Lipinski definition) is 5. The minimum atomic E-state index is -1.64. The van der Waals surface area contributed by atoms with Crippen LogP contribution >= 0.6 is 15.9 Å². The van der Waals surface area contributed by atoms with Gasteiger partial charge in [-0.1, -0.05) is 34.1 Å². The molecule has 0 saturated carbocycles. The SMILES string of the molecule is N#CC1=C(N)C(C#N)(C#N)[C@@H](c2ccc(-c3ccc(Br)cc3)o2)[C@@H]2CCCC=C12. The summed E-state index contributed by atoms with van der Waals surface area (Å²) in [5, 5.41) is 29.8. The van der Waals surface area contributed by atoms with Crippen LogP contribution in [-0.4, -0.2) is 0 Å². The van der Waals surface area contributed by atoms with E-state index >= 15 is 0 Å². The Bertz CT molecular complexity index is 1140. The Balaban J connectivity index is 1.89. The number of halogens is 1. The summed E-state index contributed by atoms with van der Waals surface area (Å²) in [5.74, 6) is 0.482. The number of nitrogens with zero attached hydrogens (tertiary/aromatic N) is 3. The monoisotopic (exact) mass is 444 g/mol. The van der Waals surface area contributed by atoms with E-state index in [4.69, 9.17) is 10.2 Å². The highest BCUT2D eigenvalue weighted by Crippen LogP contribution is 2.56. The Kier molecular flexibility index (Phi) is 4.79. The quantitative estimate of drug-likeness (QED) is 0.674. The van der Waals surface area contributed by atoms with Crippen LogP contribution in [0.4, 0.5) is 0 Å². The molecule has 0 bridgehead atoms. The first-order chi connectivity index (χ1) is 14.1. The van der Waals surface area contributed by atoms with Gasteiger partial charge in [0.25, 0.3) is 0 Å². The van der Waals surface area contributed by atoms with Gasteiger partial charge in [-0.25, -0.2) is 0 Å². The molecular weight excluding hydrogens is 428 g/mol. The Morgan fingerprint density at radius 3 is 2.45 bits per heavy atom. The Morgan fingerprint density at radius 2 is 1.79 bits per heavy atom. The lowest BCUT2D eigenvalue weighted by Crippen LogP contribution is -2.42. The van der Waals surface area contributed by atoms with Gasteiger partial charge < -0.3 is 10.2 Å². The second-order valence-electron chi connectivity index (χ2n) is 7.32. The number of fused-ring (bicyclic) bond motifs is 1. The van der Waals surface area contributed by atoms with E-state index in [1.54, 1.807) is 0 Å². The van der Waals surface area contributed by atoms with Crippen LogP contribution in [0.5, 0.6) is 0 Å². The molecule has 1 heterocycles. The van der Waals surface area contributed by atoms with Crippen molar-refractivity contribution in [3.05, 3.63) is 69.6 Å². The third-order valence-electron chi connectivity index (χ3n) is 5.86. The van der Waals surface area contributed by atoms with E-state index < -0.39 is 11.3 Å². The molecule has 2 atom stereocenters. The molecule has 0 amide bonds. The number of rotatable bonds is 2. The topological polar surface area (TPSA) is 111 Å². The zero-order chi connectivity index (χ0) is 20.6. The lowest BCUT2D eigenvalue weighted by atomic mass is 9.58. The summed E-state index contributed by atoms with van der Waals surface area (Å²) in [5.41, 5.74) is 6.68. The molecular formula is C23H17BrN4O. The van der Waals surface area contributed by atoms with Crippen LogP contribution in [0.3, 0.4) is 0 Å². The maximum absolute atomic E-state index is 10.0. The highest BCUT2D eigenvalue weighted by Gasteiger charge is 2.55. The van der Waals surface area contributed by atoms with E-state index in [0.29, 0.717) is 11.5 Å². The number of nitriles is 3. The number of hydrogen-bond donors (Lipinski definition) is 1. The minimum Gasteiger partial charge on any atom is -0.461 e. The first-order valence-corrected chi connectivity index (χ1v) is 10.1. The molecule has 29 heavy (non-hydrogen) atoms. The summed E-state index contributed by atoms with van der Waals surface area (Å²) in [6.45, 7) is 0. The van der Waals surface area contributed by atoms with Crippen molar-refractivity contribution < 1.29 is 4.42 Å². The lowest BCUT2D eigenvalue weighted by molar-refractivity contribution is 0.277. The first kappa shape index (κ1) is 19.1. The molecule has 1 aromatic carbocycles. The van der Waals surface area contributed by atoms with Crippen molar-refractivity contribution in [3.8, 4) is 29.5 Å². The second-order valence-corrected chi connectivity index (χ2v) is 8.23. The third kappa shape index (κ3) is 2.87. The second kappa shape index (κ2) is 7.28. The standard InChI is InChI=1S/C23H17BrN4O/c24-15-7-5-14(6-8-15)19-9-10-20(29-19)21-17-4-2-1-3-16(17)18(11-25)22(28)23(21,12-26)13-27/h3,5-10,17,21H,1-2,4,28H2/t17-,21-/m1/s1.